The molecule has 0 aliphatic heterocycles. The molecule has 0 saturated heterocycles. The molecule has 4 rings (SSSR count). The summed E-state index contributed by atoms with van der Waals surface area (Å²) in [6, 6.07) is 14.9. The zero-order valence-electron chi connectivity index (χ0n) is 17.9. The first-order valence-corrected chi connectivity index (χ1v) is 11.2. The third kappa shape index (κ3) is 4.38. The first kappa shape index (κ1) is 20.5. The van der Waals surface area contributed by atoms with Crippen molar-refractivity contribution in [3.8, 4) is 16.9 Å². The van der Waals surface area contributed by atoms with E-state index in [1.54, 1.807) is 6.92 Å². The van der Waals surface area contributed by atoms with Gasteiger partial charge in [-0.25, -0.2) is 0 Å². The zero-order chi connectivity index (χ0) is 21.1. The number of rotatable bonds is 7. The van der Waals surface area contributed by atoms with Crippen LogP contribution in [0.4, 0.5) is 0 Å². The molecule has 0 amide bonds. The van der Waals surface area contributed by atoms with Gasteiger partial charge in [-0.1, -0.05) is 25.5 Å². The molecule has 3 aromatic rings. The molecule has 1 saturated carbocycles. The maximum atomic E-state index is 11.3. The van der Waals surface area contributed by atoms with Crippen molar-refractivity contribution in [2.24, 2.45) is 5.92 Å². The van der Waals surface area contributed by atoms with Crippen molar-refractivity contribution >= 4 is 16.9 Å². The summed E-state index contributed by atoms with van der Waals surface area (Å²) in [5, 5.41) is 10.5. The first-order valence-electron chi connectivity index (χ1n) is 11.2. The topological polar surface area (TPSA) is 51.5 Å². The molecule has 1 unspecified atom stereocenters. The number of carbonyl (C=O) groups is 1. The Morgan fingerprint density at radius 3 is 2.67 bits per heavy atom. The van der Waals surface area contributed by atoms with E-state index >= 15 is 0 Å². The lowest BCUT2D eigenvalue weighted by atomic mass is 9.95. The fourth-order valence-corrected chi connectivity index (χ4v) is 4.48. The molecule has 4 nitrogen and oxygen atoms in total. The number of carboxylic acid groups (broad SMARTS) is 1. The smallest absolute Gasteiger partial charge is 0.306 e. The van der Waals surface area contributed by atoms with Gasteiger partial charge in [-0.15, -0.1) is 0 Å². The van der Waals surface area contributed by atoms with Gasteiger partial charge in [0.1, 0.15) is 5.75 Å². The van der Waals surface area contributed by atoms with Crippen molar-refractivity contribution in [3.05, 3.63) is 54.2 Å². The third-order valence-corrected chi connectivity index (χ3v) is 6.28. The molecule has 2 aromatic carbocycles. The van der Waals surface area contributed by atoms with Crippen molar-refractivity contribution in [2.75, 3.05) is 0 Å². The van der Waals surface area contributed by atoms with Gasteiger partial charge < -0.3 is 14.4 Å². The number of ether oxygens (including phenoxy) is 1. The standard InChI is InChI=1S/C26H31NO3/c1-3-27-14-13-21-17-20(10-11-24(21)27)23-16-19(15-18(2)26(28)29)9-12-25(23)30-22-7-5-4-6-8-22/h9-14,16-18,22H,3-8,15H2,1-2H3,(H,28,29). The Kier molecular flexibility index (Phi) is 6.12. The van der Waals surface area contributed by atoms with E-state index in [2.05, 4.69) is 48.0 Å². The van der Waals surface area contributed by atoms with Gasteiger partial charge in [0.15, 0.2) is 0 Å². The lowest BCUT2D eigenvalue weighted by Crippen LogP contribution is -2.20. The van der Waals surface area contributed by atoms with Gasteiger partial charge in [0.2, 0.25) is 0 Å². The maximum absolute atomic E-state index is 11.3. The number of aryl methyl sites for hydroxylation is 1. The van der Waals surface area contributed by atoms with Crippen LogP contribution in [0.3, 0.4) is 0 Å². The minimum absolute atomic E-state index is 0.270. The summed E-state index contributed by atoms with van der Waals surface area (Å²) in [4.78, 5) is 11.3. The van der Waals surface area contributed by atoms with Crippen LogP contribution in [0.5, 0.6) is 5.75 Å². The van der Waals surface area contributed by atoms with Crippen LogP contribution in [-0.4, -0.2) is 21.7 Å². The molecule has 1 heterocycles. The Labute approximate surface area is 178 Å². The number of carboxylic acids is 1. The van der Waals surface area contributed by atoms with Crippen LogP contribution in [0.25, 0.3) is 22.0 Å². The summed E-state index contributed by atoms with van der Waals surface area (Å²) < 4.78 is 8.70. The maximum Gasteiger partial charge on any atom is 0.306 e. The summed E-state index contributed by atoms with van der Waals surface area (Å²) in [6.07, 6.45) is 8.87. The van der Waals surface area contributed by atoms with E-state index in [-0.39, 0.29) is 6.10 Å². The predicted molar refractivity (Wildman–Crippen MR) is 121 cm³/mol. The number of benzene rings is 2. The fraction of sp³-hybridized carbons (Fsp3) is 0.423. The summed E-state index contributed by atoms with van der Waals surface area (Å²) in [5.41, 5.74) is 4.43. The number of aliphatic carboxylic acids is 1. The molecule has 0 spiro atoms. The van der Waals surface area contributed by atoms with Gasteiger partial charge in [0, 0.05) is 29.2 Å². The summed E-state index contributed by atoms with van der Waals surface area (Å²) in [7, 11) is 0. The van der Waals surface area contributed by atoms with Crippen LogP contribution in [0.2, 0.25) is 0 Å². The zero-order valence-corrected chi connectivity index (χ0v) is 17.9. The highest BCUT2D eigenvalue weighted by atomic mass is 16.5. The average molecular weight is 406 g/mol. The monoisotopic (exact) mass is 405 g/mol. The van der Waals surface area contributed by atoms with Crippen LogP contribution < -0.4 is 4.74 Å². The minimum atomic E-state index is -0.763. The van der Waals surface area contributed by atoms with Gasteiger partial charge in [-0.2, -0.15) is 0 Å². The number of hydrogen-bond donors (Lipinski definition) is 1. The van der Waals surface area contributed by atoms with E-state index in [1.807, 2.05) is 12.1 Å². The molecule has 1 aliphatic carbocycles. The largest absolute Gasteiger partial charge is 0.490 e. The Hall–Kier alpha value is -2.75. The summed E-state index contributed by atoms with van der Waals surface area (Å²) in [6.45, 7) is 4.85. The molecule has 4 heteroatoms. The molecule has 0 radical (unpaired) electrons. The molecule has 0 bridgehead atoms. The number of hydrogen-bond acceptors (Lipinski definition) is 2. The van der Waals surface area contributed by atoms with Crippen molar-refractivity contribution in [3.63, 3.8) is 0 Å². The van der Waals surface area contributed by atoms with E-state index in [9.17, 15) is 9.90 Å². The second-order valence-corrected chi connectivity index (χ2v) is 8.53. The molecule has 1 atom stereocenters. The van der Waals surface area contributed by atoms with Crippen LogP contribution in [-0.2, 0) is 17.8 Å². The van der Waals surface area contributed by atoms with Gasteiger partial charge in [0.25, 0.3) is 0 Å². The van der Waals surface area contributed by atoms with Crippen molar-refractivity contribution in [1.29, 1.82) is 0 Å². The van der Waals surface area contributed by atoms with Crippen LogP contribution in [0, 0.1) is 5.92 Å². The van der Waals surface area contributed by atoms with E-state index in [0.717, 1.165) is 41.8 Å². The lowest BCUT2D eigenvalue weighted by molar-refractivity contribution is -0.141. The second-order valence-electron chi connectivity index (χ2n) is 8.53. The minimum Gasteiger partial charge on any atom is -0.490 e. The number of nitrogens with zero attached hydrogens (tertiary/aromatic N) is 1. The van der Waals surface area contributed by atoms with Crippen LogP contribution in [0.1, 0.15) is 51.5 Å². The molecule has 1 fully saturated rings. The molecule has 30 heavy (non-hydrogen) atoms. The summed E-state index contributed by atoms with van der Waals surface area (Å²) >= 11 is 0. The fourth-order valence-electron chi connectivity index (χ4n) is 4.48. The lowest BCUT2D eigenvalue weighted by Gasteiger charge is -2.25. The molecule has 1 aliphatic rings. The highest BCUT2D eigenvalue weighted by Gasteiger charge is 2.19. The Morgan fingerprint density at radius 1 is 1.13 bits per heavy atom. The predicted octanol–water partition coefficient (Wildman–Crippen LogP) is 6.30. The van der Waals surface area contributed by atoms with E-state index in [4.69, 9.17) is 4.74 Å². The second kappa shape index (κ2) is 8.95. The Morgan fingerprint density at radius 2 is 1.93 bits per heavy atom. The van der Waals surface area contributed by atoms with Gasteiger partial charge in [-0.3, -0.25) is 4.79 Å². The quantitative estimate of drug-likeness (QED) is 0.502. The van der Waals surface area contributed by atoms with Crippen LogP contribution in [0.15, 0.2) is 48.7 Å². The molecule has 1 N–H and O–H groups in total. The summed E-state index contributed by atoms with van der Waals surface area (Å²) in [5.74, 6) is -0.270. The third-order valence-electron chi connectivity index (χ3n) is 6.28. The van der Waals surface area contributed by atoms with Crippen molar-refractivity contribution in [1.82, 2.24) is 4.57 Å². The van der Waals surface area contributed by atoms with Gasteiger partial charge in [0.05, 0.1) is 12.0 Å². The molecular formula is C26H31NO3. The number of aromatic nitrogens is 1. The average Bonchev–Trinajstić information content (AvgIpc) is 3.17. The highest BCUT2D eigenvalue weighted by Crippen LogP contribution is 2.36. The molecule has 158 valence electrons. The molecule has 1 aromatic heterocycles. The van der Waals surface area contributed by atoms with Gasteiger partial charge in [-0.05, 0) is 80.5 Å². The van der Waals surface area contributed by atoms with Crippen LogP contribution >= 0.6 is 0 Å². The van der Waals surface area contributed by atoms with Crippen molar-refractivity contribution in [2.45, 2.75) is 65.0 Å². The SMILES string of the molecule is CCn1ccc2cc(-c3cc(CC(C)C(=O)O)ccc3OC3CCCCC3)ccc21. The normalized spacial score (nSPS) is 15.9. The van der Waals surface area contributed by atoms with E-state index in [0.29, 0.717) is 6.42 Å². The Balaban J connectivity index is 1.72. The molecular weight excluding hydrogens is 374 g/mol. The highest BCUT2D eigenvalue weighted by molar-refractivity contribution is 5.87. The Bertz CT molecular complexity index is 1030. The van der Waals surface area contributed by atoms with E-state index < -0.39 is 11.9 Å². The van der Waals surface area contributed by atoms with Gasteiger partial charge >= 0.3 is 5.97 Å². The number of fused-ring (bicyclic) bond motifs is 1. The van der Waals surface area contributed by atoms with Crippen molar-refractivity contribution < 1.29 is 14.6 Å². The first-order chi connectivity index (χ1) is 14.5. The van der Waals surface area contributed by atoms with E-state index in [1.165, 1.54) is 30.2 Å².